The van der Waals surface area contributed by atoms with Gasteiger partial charge in [-0.25, -0.2) is 14.4 Å². The standard InChI is InChI=1S/C7H6O6/c8-5(9)2-1-4(7(12)13)3-6(10)11/h1-3H,(H,8,9)(H,10,11)(H,12,13)/b2-1-,4-3+. The van der Waals surface area contributed by atoms with E-state index < -0.39 is 23.5 Å². The zero-order valence-electron chi connectivity index (χ0n) is 6.30. The molecule has 0 aliphatic carbocycles. The SMILES string of the molecule is O=C(O)/C=C\C(=C/C(=O)O)C(=O)O. The van der Waals surface area contributed by atoms with Crippen molar-refractivity contribution in [1.82, 2.24) is 0 Å². The lowest BCUT2D eigenvalue weighted by Gasteiger charge is -1.90. The molecule has 0 aliphatic rings. The number of carbonyl (C=O) groups is 3. The van der Waals surface area contributed by atoms with Crippen molar-refractivity contribution >= 4 is 17.9 Å². The van der Waals surface area contributed by atoms with E-state index in [0.29, 0.717) is 18.2 Å². The molecule has 0 bridgehead atoms. The molecule has 0 radical (unpaired) electrons. The summed E-state index contributed by atoms with van der Waals surface area (Å²) in [5.74, 6) is -4.30. The zero-order valence-corrected chi connectivity index (χ0v) is 6.30. The first-order valence-electron chi connectivity index (χ1n) is 3.02. The lowest BCUT2D eigenvalue weighted by Crippen LogP contribution is -2.02. The van der Waals surface area contributed by atoms with Crippen molar-refractivity contribution in [2.75, 3.05) is 0 Å². The largest absolute Gasteiger partial charge is 0.478 e. The predicted octanol–water partition coefficient (Wildman–Crippen LogP) is -0.277. The van der Waals surface area contributed by atoms with E-state index in [0.717, 1.165) is 0 Å². The summed E-state index contributed by atoms with van der Waals surface area (Å²) in [7, 11) is 0. The Hall–Kier alpha value is -2.11. The maximum absolute atomic E-state index is 10.3. The van der Waals surface area contributed by atoms with Gasteiger partial charge < -0.3 is 15.3 Å². The smallest absolute Gasteiger partial charge is 0.335 e. The highest BCUT2D eigenvalue weighted by molar-refractivity contribution is 5.98. The van der Waals surface area contributed by atoms with Gasteiger partial charge in [0.25, 0.3) is 0 Å². The number of rotatable bonds is 4. The first-order chi connectivity index (χ1) is 5.93. The molecule has 0 rings (SSSR count). The summed E-state index contributed by atoms with van der Waals surface area (Å²) < 4.78 is 0. The molecule has 0 amide bonds. The van der Waals surface area contributed by atoms with Crippen LogP contribution in [0, 0.1) is 0 Å². The maximum Gasteiger partial charge on any atom is 0.335 e. The third-order valence-electron chi connectivity index (χ3n) is 0.931. The van der Waals surface area contributed by atoms with Gasteiger partial charge in [0.15, 0.2) is 0 Å². The molecule has 6 heteroatoms. The van der Waals surface area contributed by atoms with E-state index in [1.165, 1.54) is 0 Å². The Kier molecular flexibility index (Phi) is 3.94. The molecule has 0 heterocycles. The van der Waals surface area contributed by atoms with Crippen molar-refractivity contribution in [2.45, 2.75) is 0 Å². The van der Waals surface area contributed by atoms with Crippen molar-refractivity contribution in [1.29, 1.82) is 0 Å². The summed E-state index contributed by atoms with van der Waals surface area (Å²) >= 11 is 0. The van der Waals surface area contributed by atoms with E-state index in [-0.39, 0.29) is 0 Å². The molecule has 0 saturated heterocycles. The summed E-state index contributed by atoms with van der Waals surface area (Å²) in [6, 6.07) is 0. The van der Waals surface area contributed by atoms with Gasteiger partial charge in [0.1, 0.15) is 0 Å². The van der Waals surface area contributed by atoms with Gasteiger partial charge in [-0.2, -0.15) is 0 Å². The fraction of sp³-hybridized carbons (Fsp3) is 0. The molecule has 13 heavy (non-hydrogen) atoms. The van der Waals surface area contributed by atoms with Gasteiger partial charge in [0, 0.05) is 12.2 Å². The van der Waals surface area contributed by atoms with Crippen LogP contribution in [0.25, 0.3) is 0 Å². The Labute approximate surface area is 72.4 Å². The molecule has 0 fully saturated rings. The Morgan fingerprint density at radius 2 is 1.38 bits per heavy atom. The third-order valence-corrected chi connectivity index (χ3v) is 0.931. The molecule has 70 valence electrons. The fourth-order valence-corrected chi connectivity index (χ4v) is 0.475. The Bertz CT molecular complexity index is 298. The molecule has 0 spiro atoms. The van der Waals surface area contributed by atoms with Gasteiger partial charge in [-0.3, -0.25) is 0 Å². The Balaban J connectivity index is 4.74. The molecule has 0 aromatic heterocycles. The number of hydrogen-bond acceptors (Lipinski definition) is 3. The quantitative estimate of drug-likeness (QED) is 0.411. The predicted molar refractivity (Wildman–Crippen MR) is 40.1 cm³/mol. The van der Waals surface area contributed by atoms with E-state index in [2.05, 4.69) is 0 Å². The number of carboxylic acid groups (broad SMARTS) is 3. The summed E-state index contributed by atoms with van der Waals surface area (Å²) in [4.78, 5) is 30.3. The first kappa shape index (κ1) is 10.9. The van der Waals surface area contributed by atoms with Gasteiger partial charge in [0.05, 0.1) is 5.57 Å². The van der Waals surface area contributed by atoms with Crippen LogP contribution in [0.3, 0.4) is 0 Å². The molecule has 0 aromatic rings. The topological polar surface area (TPSA) is 112 Å². The van der Waals surface area contributed by atoms with Crippen molar-refractivity contribution in [2.24, 2.45) is 0 Å². The van der Waals surface area contributed by atoms with E-state index in [1.54, 1.807) is 0 Å². The summed E-state index contributed by atoms with van der Waals surface area (Å²) in [6.07, 6.45) is 1.64. The molecular weight excluding hydrogens is 180 g/mol. The average molecular weight is 186 g/mol. The first-order valence-corrected chi connectivity index (χ1v) is 3.02. The Morgan fingerprint density at radius 1 is 0.846 bits per heavy atom. The van der Waals surface area contributed by atoms with E-state index in [4.69, 9.17) is 15.3 Å². The highest BCUT2D eigenvalue weighted by Gasteiger charge is 2.05. The maximum atomic E-state index is 10.3. The molecule has 0 aromatic carbocycles. The Morgan fingerprint density at radius 3 is 1.69 bits per heavy atom. The minimum Gasteiger partial charge on any atom is -0.478 e. The number of aliphatic carboxylic acids is 3. The second-order valence-electron chi connectivity index (χ2n) is 1.91. The summed E-state index contributed by atoms with van der Waals surface area (Å²) in [6.45, 7) is 0. The highest BCUT2D eigenvalue weighted by Crippen LogP contribution is 1.96. The van der Waals surface area contributed by atoms with Crippen LogP contribution in [0.15, 0.2) is 23.8 Å². The lowest BCUT2D eigenvalue weighted by atomic mass is 10.2. The molecule has 0 atom stereocenters. The molecular formula is C7H6O6. The fourth-order valence-electron chi connectivity index (χ4n) is 0.475. The zero-order chi connectivity index (χ0) is 10.4. The van der Waals surface area contributed by atoms with E-state index in [1.807, 2.05) is 0 Å². The van der Waals surface area contributed by atoms with Crippen molar-refractivity contribution < 1.29 is 29.7 Å². The van der Waals surface area contributed by atoms with E-state index in [9.17, 15) is 14.4 Å². The van der Waals surface area contributed by atoms with Crippen LogP contribution in [-0.2, 0) is 14.4 Å². The summed E-state index contributed by atoms with van der Waals surface area (Å²) in [5.41, 5.74) is -0.602. The van der Waals surface area contributed by atoms with Crippen LogP contribution in [0.5, 0.6) is 0 Å². The van der Waals surface area contributed by atoms with Gasteiger partial charge >= 0.3 is 17.9 Å². The lowest BCUT2D eigenvalue weighted by molar-refractivity contribution is -0.134. The summed E-state index contributed by atoms with van der Waals surface area (Å²) in [5, 5.41) is 24.7. The second kappa shape index (κ2) is 4.70. The van der Waals surface area contributed by atoms with Crippen LogP contribution < -0.4 is 0 Å². The molecule has 0 saturated carbocycles. The van der Waals surface area contributed by atoms with Crippen LogP contribution in [0.1, 0.15) is 0 Å². The molecule has 0 unspecified atom stereocenters. The monoisotopic (exact) mass is 186 g/mol. The van der Waals surface area contributed by atoms with Crippen LogP contribution in [0.4, 0.5) is 0 Å². The van der Waals surface area contributed by atoms with Gasteiger partial charge in [-0.1, -0.05) is 0 Å². The molecule has 0 aliphatic heterocycles. The minimum absolute atomic E-state index is 0.405. The molecule has 6 nitrogen and oxygen atoms in total. The van der Waals surface area contributed by atoms with Crippen LogP contribution in [0.2, 0.25) is 0 Å². The van der Waals surface area contributed by atoms with Gasteiger partial charge in [0.2, 0.25) is 0 Å². The second-order valence-corrected chi connectivity index (χ2v) is 1.91. The minimum atomic E-state index is -1.50. The highest BCUT2D eigenvalue weighted by atomic mass is 16.4. The number of hydrogen-bond donors (Lipinski definition) is 3. The van der Waals surface area contributed by atoms with Crippen molar-refractivity contribution in [3.05, 3.63) is 23.8 Å². The third kappa shape index (κ3) is 5.19. The van der Waals surface area contributed by atoms with Crippen molar-refractivity contribution in [3.63, 3.8) is 0 Å². The van der Waals surface area contributed by atoms with E-state index >= 15 is 0 Å². The van der Waals surface area contributed by atoms with Crippen molar-refractivity contribution in [3.8, 4) is 0 Å². The van der Waals surface area contributed by atoms with Crippen LogP contribution in [-0.4, -0.2) is 33.2 Å². The average Bonchev–Trinajstić information content (AvgIpc) is 1.96. The van der Waals surface area contributed by atoms with Gasteiger partial charge in [-0.15, -0.1) is 0 Å². The normalized spacial score (nSPS) is 11.5. The number of carboxylic acids is 3. The van der Waals surface area contributed by atoms with Gasteiger partial charge in [-0.05, 0) is 6.08 Å². The van der Waals surface area contributed by atoms with Crippen LogP contribution >= 0.6 is 0 Å². The molecule has 3 N–H and O–H groups in total.